The average Bonchev–Trinajstić information content (AvgIpc) is 2.66. The summed E-state index contributed by atoms with van der Waals surface area (Å²) in [6, 6.07) is 3.84. The van der Waals surface area contributed by atoms with E-state index in [0.717, 1.165) is 11.3 Å². The fraction of sp³-hybridized carbons (Fsp3) is 0.308. The molecular formula is C13H15N3O2. The zero-order chi connectivity index (χ0) is 13.1. The van der Waals surface area contributed by atoms with Crippen LogP contribution in [-0.4, -0.2) is 15.9 Å². The molecule has 0 saturated heterocycles. The highest BCUT2D eigenvalue weighted by Gasteiger charge is 2.15. The number of hydrogen-bond donors (Lipinski definition) is 1. The van der Waals surface area contributed by atoms with Crippen LogP contribution in [0.25, 0.3) is 0 Å². The zero-order valence-electron chi connectivity index (χ0n) is 10.7. The molecule has 5 heteroatoms. The van der Waals surface area contributed by atoms with Crippen molar-refractivity contribution in [3.05, 3.63) is 46.9 Å². The van der Waals surface area contributed by atoms with Gasteiger partial charge >= 0.3 is 0 Å². The molecule has 18 heavy (non-hydrogen) atoms. The first-order valence-electron chi connectivity index (χ1n) is 5.70. The highest BCUT2D eigenvalue weighted by molar-refractivity contribution is 5.92. The number of oxazole rings is 1. The smallest absolute Gasteiger partial charge is 0.289 e. The van der Waals surface area contributed by atoms with Crippen LogP contribution >= 0.6 is 0 Å². The fourth-order valence-electron chi connectivity index (χ4n) is 1.69. The van der Waals surface area contributed by atoms with Crippen molar-refractivity contribution in [1.29, 1.82) is 0 Å². The maximum atomic E-state index is 11.9. The van der Waals surface area contributed by atoms with E-state index in [2.05, 4.69) is 15.3 Å². The third-order valence-corrected chi connectivity index (χ3v) is 2.51. The molecular weight excluding hydrogens is 230 g/mol. The number of hydrogen-bond acceptors (Lipinski definition) is 4. The Morgan fingerprint density at radius 1 is 1.39 bits per heavy atom. The van der Waals surface area contributed by atoms with Crippen LogP contribution in [0, 0.1) is 20.8 Å². The summed E-state index contributed by atoms with van der Waals surface area (Å²) in [6.07, 6.45) is 1.72. The summed E-state index contributed by atoms with van der Waals surface area (Å²) in [6.45, 7) is 5.82. The molecule has 5 nitrogen and oxygen atoms in total. The van der Waals surface area contributed by atoms with Gasteiger partial charge in [-0.1, -0.05) is 0 Å². The summed E-state index contributed by atoms with van der Waals surface area (Å²) in [5, 5.41) is 2.76. The number of pyridine rings is 1. The van der Waals surface area contributed by atoms with Crippen molar-refractivity contribution in [3.63, 3.8) is 0 Å². The standard InChI is InChI=1S/C13H15N3O2/c1-8-4-5-14-11(6-8)7-15-13(17)12-9(2)16-10(3)18-12/h4-6H,7H2,1-3H3,(H,15,17). The molecule has 0 radical (unpaired) electrons. The van der Waals surface area contributed by atoms with Gasteiger partial charge in [0.15, 0.2) is 5.89 Å². The van der Waals surface area contributed by atoms with Gasteiger partial charge in [-0.25, -0.2) is 4.98 Å². The molecule has 0 aliphatic heterocycles. The van der Waals surface area contributed by atoms with E-state index in [1.165, 1.54) is 0 Å². The minimum absolute atomic E-state index is 0.264. The monoisotopic (exact) mass is 245 g/mol. The Bertz CT molecular complexity index is 575. The van der Waals surface area contributed by atoms with E-state index in [1.807, 2.05) is 19.1 Å². The average molecular weight is 245 g/mol. The summed E-state index contributed by atoms with van der Waals surface area (Å²) in [4.78, 5) is 20.1. The summed E-state index contributed by atoms with van der Waals surface area (Å²) in [5.41, 5.74) is 2.53. The molecule has 0 spiro atoms. The van der Waals surface area contributed by atoms with Crippen molar-refractivity contribution < 1.29 is 9.21 Å². The lowest BCUT2D eigenvalue weighted by Gasteiger charge is -2.03. The van der Waals surface area contributed by atoms with Gasteiger partial charge in [0.25, 0.3) is 5.91 Å². The van der Waals surface area contributed by atoms with Gasteiger partial charge in [0, 0.05) is 13.1 Å². The van der Waals surface area contributed by atoms with Gasteiger partial charge in [0.05, 0.1) is 17.9 Å². The maximum absolute atomic E-state index is 11.9. The van der Waals surface area contributed by atoms with Gasteiger partial charge in [-0.05, 0) is 31.5 Å². The minimum atomic E-state index is -0.267. The number of rotatable bonds is 3. The Labute approximate surface area is 105 Å². The second-order valence-electron chi connectivity index (χ2n) is 4.15. The second kappa shape index (κ2) is 5.00. The Hall–Kier alpha value is -2.17. The van der Waals surface area contributed by atoms with Crippen molar-refractivity contribution in [2.24, 2.45) is 0 Å². The molecule has 0 fully saturated rings. The van der Waals surface area contributed by atoms with Gasteiger partial charge in [0.1, 0.15) is 0 Å². The first-order valence-corrected chi connectivity index (χ1v) is 5.70. The SMILES string of the molecule is Cc1ccnc(CNC(=O)c2oc(C)nc2C)c1. The van der Waals surface area contributed by atoms with E-state index < -0.39 is 0 Å². The van der Waals surface area contributed by atoms with Crippen LogP contribution in [0.3, 0.4) is 0 Å². The summed E-state index contributed by atoms with van der Waals surface area (Å²) in [7, 11) is 0. The van der Waals surface area contributed by atoms with E-state index >= 15 is 0 Å². The molecule has 0 bridgehead atoms. The molecule has 0 aliphatic rings. The molecule has 2 aromatic rings. The molecule has 0 atom stereocenters. The lowest BCUT2D eigenvalue weighted by atomic mass is 10.2. The molecule has 2 heterocycles. The lowest BCUT2D eigenvalue weighted by molar-refractivity contribution is 0.0920. The number of carbonyl (C=O) groups is 1. The lowest BCUT2D eigenvalue weighted by Crippen LogP contribution is -2.23. The molecule has 2 rings (SSSR count). The molecule has 2 aromatic heterocycles. The largest absolute Gasteiger partial charge is 0.436 e. The number of carbonyl (C=O) groups excluding carboxylic acids is 1. The quantitative estimate of drug-likeness (QED) is 0.897. The maximum Gasteiger partial charge on any atom is 0.289 e. The van der Waals surface area contributed by atoms with Gasteiger partial charge in [0.2, 0.25) is 5.76 Å². The fourth-order valence-corrected chi connectivity index (χ4v) is 1.69. The molecule has 1 amide bonds. The van der Waals surface area contributed by atoms with E-state index in [9.17, 15) is 4.79 Å². The molecule has 0 saturated carbocycles. The van der Waals surface area contributed by atoms with Crippen LogP contribution in [0.15, 0.2) is 22.7 Å². The highest BCUT2D eigenvalue weighted by atomic mass is 16.4. The predicted octanol–water partition coefficient (Wildman–Crippen LogP) is 1.92. The van der Waals surface area contributed by atoms with Crippen LogP contribution in [-0.2, 0) is 6.54 Å². The zero-order valence-corrected chi connectivity index (χ0v) is 10.7. The normalized spacial score (nSPS) is 10.4. The van der Waals surface area contributed by atoms with Crippen molar-refractivity contribution in [2.45, 2.75) is 27.3 Å². The Morgan fingerprint density at radius 2 is 2.17 bits per heavy atom. The van der Waals surface area contributed by atoms with Crippen LogP contribution in [0.4, 0.5) is 0 Å². The van der Waals surface area contributed by atoms with Gasteiger partial charge in [-0.2, -0.15) is 0 Å². The van der Waals surface area contributed by atoms with Crippen LogP contribution in [0.2, 0.25) is 0 Å². The van der Waals surface area contributed by atoms with E-state index in [4.69, 9.17) is 4.42 Å². The van der Waals surface area contributed by atoms with Crippen molar-refractivity contribution in [3.8, 4) is 0 Å². The van der Waals surface area contributed by atoms with Crippen LogP contribution < -0.4 is 5.32 Å². The Morgan fingerprint density at radius 3 is 2.78 bits per heavy atom. The molecule has 0 unspecified atom stereocenters. The van der Waals surface area contributed by atoms with Gasteiger partial charge in [-0.15, -0.1) is 0 Å². The van der Waals surface area contributed by atoms with Crippen molar-refractivity contribution in [2.75, 3.05) is 0 Å². The Balaban J connectivity index is 2.03. The number of nitrogens with one attached hydrogen (secondary N) is 1. The molecule has 0 aromatic carbocycles. The molecule has 0 aliphatic carbocycles. The first-order chi connectivity index (χ1) is 8.56. The van der Waals surface area contributed by atoms with Crippen molar-refractivity contribution >= 4 is 5.91 Å². The summed E-state index contributed by atoms with van der Waals surface area (Å²) in [5.74, 6) is 0.489. The number of aromatic nitrogens is 2. The van der Waals surface area contributed by atoms with Gasteiger partial charge in [-0.3, -0.25) is 9.78 Å². The van der Waals surface area contributed by atoms with E-state index in [-0.39, 0.29) is 11.7 Å². The van der Waals surface area contributed by atoms with E-state index in [1.54, 1.807) is 20.0 Å². The summed E-state index contributed by atoms with van der Waals surface area (Å²) < 4.78 is 5.24. The predicted molar refractivity (Wildman–Crippen MR) is 66.1 cm³/mol. The third kappa shape index (κ3) is 2.74. The number of aryl methyl sites for hydroxylation is 3. The number of amides is 1. The van der Waals surface area contributed by atoms with Crippen molar-refractivity contribution in [1.82, 2.24) is 15.3 Å². The summed E-state index contributed by atoms with van der Waals surface area (Å²) >= 11 is 0. The topological polar surface area (TPSA) is 68.0 Å². The molecule has 1 N–H and O–H groups in total. The second-order valence-corrected chi connectivity index (χ2v) is 4.15. The highest BCUT2D eigenvalue weighted by Crippen LogP contribution is 2.09. The Kier molecular flexibility index (Phi) is 3.41. The minimum Gasteiger partial charge on any atom is -0.436 e. The number of nitrogens with zero attached hydrogens (tertiary/aromatic N) is 2. The van der Waals surface area contributed by atoms with E-state index in [0.29, 0.717) is 18.1 Å². The van der Waals surface area contributed by atoms with Crippen LogP contribution in [0.1, 0.15) is 33.4 Å². The first kappa shape index (κ1) is 12.3. The van der Waals surface area contributed by atoms with Gasteiger partial charge < -0.3 is 9.73 Å². The molecule has 94 valence electrons. The van der Waals surface area contributed by atoms with Crippen LogP contribution in [0.5, 0.6) is 0 Å². The third-order valence-electron chi connectivity index (χ3n) is 2.51.